The van der Waals surface area contributed by atoms with Crippen molar-refractivity contribution in [3.05, 3.63) is 90.4 Å². The highest BCUT2D eigenvalue weighted by Crippen LogP contribution is 2.22. The number of hydrogen-bond acceptors (Lipinski definition) is 5. The largest absolute Gasteiger partial charge is 0.354 e. The van der Waals surface area contributed by atoms with Crippen LogP contribution in [-0.4, -0.2) is 21.7 Å². The highest BCUT2D eigenvalue weighted by atomic mass is 16.2. The molecule has 0 saturated carbocycles. The van der Waals surface area contributed by atoms with Crippen LogP contribution in [-0.2, 0) is 0 Å². The van der Waals surface area contributed by atoms with Crippen LogP contribution in [0.4, 0.5) is 17.1 Å². The monoisotopic (exact) mass is 382 g/mol. The maximum atomic E-state index is 12.6. The lowest BCUT2D eigenvalue weighted by molar-refractivity contribution is 0.101. The van der Waals surface area contributed by atoms with Crippen LogP contribution in [0.3, 0.4) is 0 Å². The summed E-state index contributed by atoms with van der Waals surface area (Å²) < 4.78 is 0. The summed E-state index contributed by atoms with van der Waals surface area (Å²) in [6, 6.07) is 20.0. The average molecular weight is 382 g/mol. The molecule has 4 aromatic rings. The molecular weight excluding hydrogens is 364 g/mol. The smallest absolute Gasteiger partial charge is 0.274 e. The number of rotatable bonds is 5. The van der Waals surface area contributed by atoms with Crippen LogP contribution in [0, 0.1) is 0 Å². The summed E-state index contributed by atoms with van der Waals surface area (Å²) in [6.07, 6.45) is 3.29. The lowest BCUT2D eigenvalue weighted by atomic mass is 10.1. The van der Waals surface area contributed by atoms with E-state index in [2.05, 4.69) is 20.6 Å². The summed E-state index contributed by atoms with van der Waals surface area (Å²) in [6.45, 7) is 1.53. The van der Waals surface area contributed by atoms with E-state index in [0.717, 1.165) is 22.3 Å². The zero-order chi connectivity index (χ0) is 20.2. The molecule has 0 bridgehead atoms. The van der Waals surface area contributed by atoms with Crippen LogP contribution >= 0.6 is 0 Å². The first-order valence-corrected chi connectivity index (χ1v) is 9.09. The number of hydrogen-bond donors (Lipinski definition) is 2. The number of nitrogens with one attached hydrogen (secondary N) is 2. The molecular formula is C23H18N4O2. The Morgan fingerprint density at radius 1 is 0.828 bits per heavy atom. The van der Waals surface area contributed by atoms with Crippen molar-refractivity contribution in [2.24, 2.45) is 0 Å². The van der Waals surface area contributed by atoms with Crippen molar-refractivity contribution in [1.82, 2.24) is 9.97 Å². The maximum Gasteiger partial charge on any atom is 0.274 e. The van der Waals surface area contributed by atoms with E-state index >= 15 is 0 Å². The van der Waals surface area contributed by atoms with Gasteiger partial charge in [0.15, 0.2) is 5.78 Å². The van der Waals surface area contributed by atoms with Gasteiger partial charge in [-0.1, -0.05) is 18.2 Å². The molecule has 0 aliphatic rings. The highest BCUT2D eigenvalue weighted by molar-refractivity contribution is 6.07. The summed E-state index contributed by atoms with van der Waals surface area (Å²) >= 11 is 0. The lowest BCUT2D eigenvalue weighted by Gasteiger charge is -2.09. The minimum Gasteiger partial charge on any atom is -0.354 e. The van der Waals surface area contributed by atoms with Gasteiger partial charge in [-0.2, -0.15) is 0 Å². The van der Waals surface area contributed by atoms with Crippen molar-refractivity contribution in [2.75, 3.05) is 10.6 Å². The van der Waals surface area contributed by atoms with Gasteiger partial charge in [0.25, 0.3) is 5.91 Å². The number of carbonyl (C=O) groups is 2. The van der Waals surface area contributed by atoms with Crippen LogP contribution in [0.25, 0.3) is 10.9 Å². The van der Waals surface area contributed by atoms with Crippen LogP contribution < -0.4 is 10.6 Å². The number of nitrogens with zero attached hydrogens (tertiary/aromatic N) is 2. The fourth-order valence-electron chi connectivity index (χ4n) is 2.95. The molecule has 4 rings (SSSR count). The summed E-state index contributed by atoms with van der Waals surface area (Å²) in [5.41, 5.74) is 3.90. The number of amides is 1. The van der Waals surface area contributed by atoms with Gasteiger partial charge in [0.1, 0.15) is 5.69 Å². The summed E-state index contributed by atoms with van der Waals surface area (Å²) in [7, 11) is 0. The van der Waals surface area contributed by atoms with Gasteiger partial charge >= 0.3 is 0 Å². The third-order valence-electron chi connectivity index (χ3n) is 4.46. The van der Waals surface area contributed by atoms with Crippen molar-refractivity contribution in [3.63, 3.8) is 0 Å². The van der Waals surface area contributed by atoms with Gasteiger partial charge < -0.3 is 10.6 Å². The number of benzene rings is 2. The van der Waals surface area contributed by atoms with Gasteiger partial charge in [-0.3, -0.25) is 14.6 Å². The summed E-state index contributed by atoms with van der Waals surface area (Å²) in [5.74, 6) is -0.282. The molecule has 2 N–H and O–H groups in total. The third kappa shape index (κ3) is 4.11. The Morgan fingerprint density at radius 2 is 1.59 bits per heavy atom. The molecule has 0 unspecified atom stereocenters. The van der Waals surface area contributed by atoms with E-state index in [9.17, 15) is 9.59 Å². The zero-order valence-corrected chi connectivity index (χ0v) is 15.7. The molecule has 0 fully saturated rings. The van der Waals surface area contributed by atoms with Crippen molar-refractivity contribution in [1.29, 1.82) is 0 Å². The third-order valence-corrected chi connectivity index (χ3v) is 4.46. The minimum atomic E-state index is -0.305. The minimum absolute atomic E-state index is 0.0231. The van der Waals surface area contributed by atoms with Gasteiger partial charge in [0.2, 0.25) is 0 Å². The molecule has 2 aromatic heterocycles. The van der Waals surface area contributed by atoms with Crippen LogP contribution in [0.1, 0.15) is 27.8 Å². The van der Waals surface area contributed by atoms with Crippen LogP contribution in [0.5, 0.6) is 0 Å². The predicted molar refractivity (Wildman–Crippen MR) is 114 cm³/mol. The van der Waals surface area contributed by atoms with Crippen LogP contribution in [0.15, 0.2) is 79.1 Å². The Morgan fingerprint density at radius 3 is 2.31 bits per heavy atom. The van der Waals surface area contributed by atoms with E-state index in [4.69, 9.17) is 0 Å². The molecule has 0 saturated heterocycles. The van der Waals surface area contributed by atoms with E-state index < -0.39 is 0 Å². The van der Waals surface area contributed by atoms with E-state index in [1.54, 1.807) is 36.7 Å². The number of ketones is 1. The van der Waals surface area contributed by atoms with Crippen molar-refractivity contribution in [3.8, 4) is 0 Å². The second kappa shape index (κ2) is 7.90. The number of aromatic nitrogens is 2. The van der Waals surface area contributed by atoms with E-state index in [1.807, 2.05) is 42.5 Å². The number of fused-ring (bicyclic) bond motifs is 1. The van der Waals surface area contributed by atoms with Gasteiger partial charge in [-0.15, -0.1) is 0 Å². The summed E-state index contributed by atoms with van der Waals surface area (Å²) in [4.78, 5) is 32.5. The lowest BCUT2D eigenvalue weighted by Crippen LogP contribution is -2.14. The molecule has 0 spiro atoms. The first-order valence-electron chi connectivity index (χ1n) is 9.09. The molecule has 6 nitrogen and oxygen atoms in total. The Kier molecular flexibility index (Phi) is 4.99. The fraction of sp³-hybridized carbons (Fsp3) is 0.0435. The molecule has 2 aromatic carbocycles. The second-order valence-corrected chi connectivity index (χ2v) is 6.53. The van der Waals surface area contributed by atoms with Gasteiger partial charge in [-0.05, 0) is 55.5 Å². The normalized spacial score (nSPS) is 10.5. The van der Waals surface area contributed by atoms with E-state index in [0.29, 0.717) is 16.9 Å². The molecule has 0 aliphatic heterocycles. The molecule has 0 atom stereocenters. The highest BCUT2D eigenvalue weighted by Gasteiger charge is 2.10. The molecule has 2 heterocycles. The zero-order valence-electron chi connectivity index (χ0n) is 15.7. The molecule has 29 heavy (non-hydrogen) atoms. The average Bonchev–Trinajstić information content (AvgIpc) is 2.75. The maximum absolute atomic E-state index is 12.6. The molecule has 0 radical (unpaired) electrons. The van der Waals surface area contributed by atoms with Gasteiger partial charge in [0.05, 0.1) is 23.1 Å². The molecule has 6 heteroatoms. The molecule has 142 valence electrons. The number of anilines is 3. The Hall–Kier alpha value is -4.06. The van der Waals surface area contributed by atoms with Crippen molar-refractivity contribution in [2.45, 2.75) is 6.92 Å². The van der Waals surface area contributed by atoms with Gasteiger partial charge in [0, 0.05) is 22.8 Å². The van der Waals surface area contributed by atoms with Crippen LogP contribution in [0.2, 0.25) is 0 Å². The van der Waals surface area contributed by atoms with E-state index in [-0.39, 0.29) is 11.7 Å². The number of carbonyl (C=O) groups excluding carboxylic acids is 2. The van der Waals surface area contributed by atoms with Crippen molar-refractivity contribution < 1.29 is 9.59 Å². The predicted octanol–water partition coefficient (Wildman–Crippen LogP) is 4.83. The Labute approximate surface area is 167 Å². The molecule has 0 aliphatic carbocycles. The standard InChI is InChI=1S/C23H18N4O2/c1-15(28)16-7-9-18(10-8-16)26-19-11-12-21(25-14-19)23(29)27-20-6-2-4-17-5-3-13-24-22(17)20/h2-14,26H,1H3,(H,27,29). The number of para-hydroxylation sites is 1. The summed E-state index contributed by atoms with van der Waals surface area (Å²) in [5, 5.41) is 7.02. The molecule has 1 amide bonds. The van der Waals surface area contributed by atoms with E-state index in [1.165, 1.54) is 6.92 Å². The topological polar surface area (TPSA) is 84.0 Å². The van der Waals surface area contributed by atoms with Crippen molar-refractivity contribution >= 4 is 39.7 Å². The first-order chi connectivity index (χ1) is 14.1. The first kappa shape index (κ1) is 18.3. The number of pyridine rings is 2. The fourth-order valence-corrected chi connectivity index (χ4v) is 2.95. The second-order valence-electron chi connectivity index (χ2n) is 6.53. The quantitative estimate of drug-likeness (QED) is 0.483. The Bertz CT molecular complexity index is 1180. The SMILES string of the molecule is CC(=O)c1ccc(Nc2ccc(C(=O)Nc3cccc4cccnc34)nc2)cc1. The Balaban J connectivity index is 1.47. The number of Topliss-reactive ketones (excluding diaryl/α,β-unsaturated/α-hetero) is 1. The van der Waals surface area contributed by atoms with Gasteiger partial charge in [-0.25, -0.2) is 4.98 Å².